The van der Waals surface area contributed by atoms with Crippen molar-refractivity contribution >= 4 is 11.6 Å². The van der Waals surface area contributed by atoms with Crippen molar-refractivity contribution < 1.29 is 9.13 Å². The van der Waals surface area contributed by atoms with Crippen molar-refractivity contribution in [3.63, 3.8) is 0 Å². The van der Waals surface area contributed by atoms with Gasteiger partial charge in [0.2, 0.25) is 0 Å². The Balaban J connectivity index is 1.87. The quantitative estimate of drug-likeness (QED) is 0.929. The van der Waals surface area contributed by atoms with Gasteiger partial charge in [-0.15, -0.1) is 0 Å². The van der Waals surface area contributed by atoms with Gasteiger partial charge in [-0.05, 0) is 36.5 Å². The van der Waals surface area contributed by atoms with Gasteiger partial charge in [0, 0.05) is 45.4 Å². The number of hydrogen-bond donors (Lipinski definition) is 1. The first kappa shape index (κ1) is 15.2. The number of halogens is 2. The van der Waals surface area contributed by atoms with Gasteiger partial charge in [0.05, 0.1) is 5.02 Å². The zero-order valence-electron chi connectivity index (χ0n) is 12.2. The molecule has 0 aliphatic carbocycles. The Morgan fingerprint density at radius 3 is 2.62 bits per heavy atom. The molecule has 2 aliphatic heterocycles. The maximum absolute atomic E-state index is 13.9. The van der Waals surface area contributed by atoms with Crippen LogP contribution in [0.1, 0.15) is 24.4 Å². The molecule has 21 heavy (non-hydrogen) atoms. The number of benzene rings is 1. The minimum Gasteiger partial charge on any atom is -0.381 e. The molecule has 0 bridgehead atoms. The van der Waals surface area contributed by atoms with Crippen molar-refractivity contribution in [3.8, 4) is 0 Å². The molecule has 0 spiro atoms. The fraction of sp³-hybridized carbons (Fsp3) is 0.625. The summed E-state index contributed by atoms with van der Waals surface area (Å²) in [7, 11) is 0. The van der Waals surface area contributed by atoms with Crippen molar-refractivity contribution in [2.24, 2.45) is 5.92 Å². The highest BCUT2D eigenvalue weighted by Crippen LogP contribution is 2.36. The third kappa shape index (κ3) is 3.57. The summed E-state index contributed by atoms with van der Waals surface area (Å²) < 4.78 is 19.4. The number of hydrogen-bond acceptors (Lipinski definition) is 3. The molecule has 1 aromatic rings. The largest absolute Gasteiger partial charge is 0.381 e. The van der Waals surface area contributed by atoms with Crippen LogP contribution in [-0.2, 0) is 4.74 Å². The van der Waals surface area contributed by atoms with E-state index in [4.69, 9.17) is 16.3 Å². The van der Waals surface area contributed by atoms with E-state index >= 15 is 0 Å². The highest BCUT2D eigenvalue weighted by atomic mass is 35.5. The molecule has 1 atom stereocenters. The molecule has 0 unspecified atom stereocenters. The molecule has 2 saturated heterocycles. The second kappa shape index (κ2) is 7.05. The van der Waals surface area contributed by atoms with Crippen LogP contribution in [0.25, 0.3) is 0 Å². The van der Waals surface area contributed by atoms with Crippen molar-refractivity contribution in [2.45, 2.75) is 18.9 Å². The normalized spacial score (nSPS) is 23.1. The zero-order valence-corrected chi connectivity index (χ0v) is 12.9. The molecule has 1 aromatic carbocycles. The maximum Gasteiger partial charge on any atom is 0.142 e. The van der Waals surface area contributed by atoms with Crippen LogP contribution in [0.5, 0.6) is 0 Å². The minimum absolute atomic E-state index is 0.199. The molecule has 2 fully saturated rings. The topological polar surface area (TPSA) is 24.5 Å². The Bertz CT molecular complexity index is 455. The van der Waals surface area contributed by atoms with E-state index in [1.807, 2.05) is 6.07 Å². The Kier molecular flexibility index (Phi) is 5.11. The van der Waals surface area contributed by atoms with E-state index in [0.29, 0.717) is 5.92 Å². The monoisotopic (exact) mass is 312 g/mol. The SMILES string of the molecule is Fc1cc([C@H](C2CCOCC2)N2CCNCC2)ccc1Cl. The van der Waals surface area contributed by atoms with Crippen molar-refractivity contribution in [1.82, 2.24) is 10.2 Å². The van der Waals surface area contributed by atoms with Gasteiger partial charge in [-0.25, -0.2) is 4.39 Å². The lowest BCUT2D eigenvalue weighted by Crippen LogP contribution is -2.47. The first-order valence-electron chi connectivity index (χ1n) is 7.73. The van der Waals surface area contributed by atoms with Gasteiger partial charge >= 0.3 is 0 Å². The third-order valence-corrected chi connectivity index (χ3v) is 4.85. The van der Waals surface area contributed by atoms with Crippen LogP contribution in [-0.4, -0.2) is 44.3 Å². The van der Waals surface area contributed by atoms with Gasteiger partial charge < -0.3 is 10.1 Å². The summed E-state index contributed by atoms with van der Waals surface area (Å²) in [5.74, 6) is 0.207. The summed E-state index contributed by atoms with van der Waals surface area (Å²) in [6, 6.07) is 5.54. The Labute approximate surface area is 130 Å². The summed E-state index contributed by atoms with van der Waals surface area (Å²) in [6.45, 7) is 5.62. The minimum atomic E-state index is -0.318. The van der Waals surface area contributed by atoms with E-state index in [1.165, 1.54) is 0 Å². The van der Waals surface area contributed by atoms with Crippen LogP contribution in [0.2, 0.25) is 5.02 Å². The number of ether oxygens (including phenoxy) is 1. The highest BCUT2D eigenvalue weighted by molar-refractivity contribution is 6.30. The first-order chi connectivity index (χ1) is 10.3. The average molecular weight is 313 g/mol. The van der Waals surface area contributed by atoms with Gasteiger partial charge in [0.15, 0.2) is 0 Å². The van der Waals surface area contributed by atoms with E-state index in [-0.39, 0.29) is 16.9 Å². The second-order valence-corrected chi connectivity index (χ2v) is 6.26. The number of piperazine rings is 1. The van der Waals surface area contributed by atoms with Crippen molar-refractivity contribution in [2.75, 3.05) is 39.4 Å². The summed E-state index contributed by atoms with van der Waals surface area (Å²) in [6.07, 6.45) is 2.08. The van der Waals surface area contributed by atoms with E-state index in [1.54, 1.807) is 12.1 Å². The molecule has 0 amide bonds. The van der Waals surface area contributed by atoms with Gasteiger partial charge in [-0.3, -0.25) is 4.90 Å². The molecular formula is C16H22ClFN2O. The van der Waals surface area contributed by atoms with Crippen molar-refractivity contribution in [1.29, 1.82) is 0 Å². The molecule has 1 N–H and O–H groups in total. The zero-order chi connectivity index (χ0) is 14.7. The second-order valence-electron chi connectivity index (χ2n) is 5.85. The molecule has 116 valence electrons. The molecule has 0 radical (unpaired) electrons. The maximum atomic E-state index is 13.9. The fourth-order valence-electron chi connectivity index (χ4n) is 3.47. The van der Waals surface area contributed by atoms with Crippen molar-refractivity contribution in [3.05, 3.63) is 34.6 Å². The van der Waals surface area contributed by atoms with E-state index < -0.39 is 0 Å². The van der Waals surface area contributed by atoms with Crippen LogP contribution in [0.3, 0.4) is 0 Å². The average Bonchev–Trinajstić information content (AvgIpc) is 2.53. The fourth-order valence-corrected chi connectivity index (χ4v) is 3.59. The van der Waals surface area contributed by atoms with Gasteiger partial charge in [0.25, 0.3) is 0 Å². The summed E-state index contributed by atoms with van der Waals surface area (Å²) >= 11 is 5.84. The summed E-state index contributed by atoms with van der Waals surface area (Å²) in [5.41, 5.74) is 1.05. The van der Waals surface area contributed by atoms with Crippen LogP contribution in [0.4, 0.5) is 4.39 Å². The smallest absolute Gasteiger partial charge is 0.142 e. The predicted octanol–water partition coefficient (Wildman–Crippen LogP) is 2.85. The molecule has 3 rings (SSSR count). The lowest BCUT2D eigenvalue weighted by molar-refractivity contribution is 0.0212. The Morgan fingerprint density at radius 1 is 1.24 bits per heavy atom. The number of nitrogens with one attached hydrogen (secondary N) is 1. The van der Waals surface area contributed by atoms with Crippen LogP contribution in [0, 0.1) is 11.7 Å². The molecule has 2 heterocycles. The molecule has 0 saturated carbocycles. The first-order valence-corrected chi connectivity index (χ1v) is 8.11. The Hall–Kier alpha value is -0.680. The van der Waals surface area contributed by atoms with E-state index in [9.17, 15) is 4.39 Å². The molecule has 0 aromatic heterocycles. The third-order valence-electron chi connectivity index (χ3n) is 4.54. The summed E-state index contributed by atoms with van der Waals surface area (Å²) in [4.78, 5) is 2.48. The van der Waals surface area contributed by atoms with Crippen LogP contribution in [0.15, 0.2) is 18.2 Å². The molecule has 3 nitrogen and oxygen atoms in total. The van der Waals surface area contributed by atoms with Crippen LogP contribution < -0.4 is 5.32 Å². The molecule has 5 heteroatoms. The standard InChI is InChI=1S/C16H22ClFN2O/c17-14-2-1-13(11-15(14)18)16(12-3-9-21-10-4-12)20-7-5-19-6-8-20/h1-2,11-12,16,19H,3-10H2/t16-/m0/s1. The predicted molar refractivity (Wildman–Crippen MR) is 82.1 cm³/mol. The highest BCUT2D eigenvalue weighted by Gasteiger charge is 2.31. The van der Waals surface area contributed by atoms with E-state index in [0.717, 1.165) is 57.8 Å². The van der Waals surface area contributed by atoms with E-state index in [2.05, 4.69) is 10.2 Å². The van der Waals surface area contributed by atoms with Gasteiger partial charge in [-0.2, -0.15) is 0 Å². The lowest BCUT2D eigenvalue weighted by Gasteiger charge is -2.41. The number of rotatable bonds is 3. The van der Waals surface area contributed by atoms with Gasteiger partial charge in [-0.1, -0.05) is 17.7 Å². The van der Waals surface area contributed by atoms with Crippen LogP contribution >= 0.6 is 11.6 Å². The molecular weight excluding hydrogens is 291 g/mol. The van der Waals surface area contributed by atoms with Gasteiger partial charge in [0.1, 0.15) is 5.82 Å². The Morgan fingerprint density at radius 2 is 1.95 bits per heavy atom. The number of nitrogens with zero attached hydrogens (tertiary/aromatic N) is 1. The lowest BCUT2D eigenvalue weighted by atomic mass is 9.85. The summed E-state index contributed by atoms with van der Waals surface area (Å²) in [5, 5.41) is 3.58. The molecule has 2 aliphatic rings.